The van der Waals surface area contributed by atoms with E-state index in [1.807, 2.05) is 0 Å². The first-order valence-corrected chi connectivity index (χ1v) is 9.04. The topological polar surface area (TPSA) is 9.23 Å². The third-order valence-corrected chi connectivity index (χ3v) is 7.85. The van der Waals surface area contributed by atoms with Gasteiger partial charge in [-0.1, -0.05) is 22.6 Å². The summed E-state index contributed by atoms with van der Waals surface area (Å²) in [5, 5.41) is 0. The number of halogens is 11. The van der Waals surface area contributed by atoms with Crippen LogP contribution < -0.4 is 0 Å². The quantitative estimate of drug-likeness (QED) is 0.188. The van der Waals surface area contributed by atoms with Gasteiger partial charge in [-0.25, -0.2) is 0 Å². The standard InChI is InChI=1S/C12H13F9I2O/c13-9(14,3-4-10(15,16)12(19,20)21)11(17,18)6-7(22)8(23)2-1-5-24-8/h7H,1-6H2. The molecule has 0 aromatic rings. The monoisotopic (exact) mass is 598 g/mol. The molecule has 0 N–H and O–H groups in total. The molecule has 0 amide bonds. The Morgan fingerprint density at radius 3 is 1.79 bits per heavy atom. The van der Waals surface area contributed by atoms with Gasteiger partial charge in [-0.05, 0) is 35.4 Å². The molecule has 2 atom stereocenters. The van der Waals surface area contributed by atoms with Crippen LogP contribution in [0.4, 0.5) is 39.5 Å². The molecule has 2 unspecified atom stereocenters. The average Bonchev–Trinajstić information content (AvgIpc) is 2.83. The first-order valence-electron chi connectivity index (χ1n) is 6.71. The number of alkyl halides is 11. The van der Waals surface area contributed by atoms with E-state index in [1.165, 1.54) is 22.6 Å². The third-order valence-electron chi connectivity index (χ3n) is 3.61. The Morgan fingerprint density at radius 2 is 1.38 bits per heavy atom. The van der Waals surface area contributed by atoms with E-state index in [1.54, 1.807) is 22.6 Å². The summed E-state index contributed by atoms with van der Waals surface area (Å²) in [5.41, 5.74) is 0. The summed E-state index contributed by atoms with van der Waals surface area (Å²) in [7, 11) is 0. The lowest BCUT2D eigenvalue weighted by Crippen LogP contribution is -2.47. The van der Waals surface area contributed by atoms with E-state index in [4.69, 9.17) is 4.74 Å². The minimum Gasteiger partial charge on any atom is -0.364 e. The highest BCUT2D eigenvalue weighted by Crippen LogP contribution is 2.50. The fourth-order valence-corrected chi connectivity index (χ4v) is 3.91. The first kappa shape index (κ1) is 22.8. The van der Waals surface area contributed by atoms with Crippen molar-refractivity contribution < 1.29 is 44.3 Å². The Morgan fingerprint density at radius 1 is 0.875 bits per heavy atom. The van der Waals surface area contributed by atoms with Gasteiger partial charge < -0.3 is 4.74 Å². The second-order valence-corrected chi connectivity index (χ2v) is 8.85. The van der Waals surface area contributed by atoms with Gasteiger partial charge in [0.1, 0.15) is 3.61 Å². The van der Waals surface area contributed by atoms with Crippen molar-refractivity contribution in [1.82, 2.24) is 0 Å². The molecule has 1 fully saturated rings. The van der Waals surface area contributed by atoms with Crippen molar-refractivity contribution in [1.29, 1.82) is 0 Å². The Kier molecular flexibility index (Phi) is 7.06. The van der Waals surface area contributed by atoms with Crippen molar-refractivity contribution in [3.8, 4) is 0 Å². The SMILES string of the molecule is FC(F)(F)C(F)(F)CCC(F)(F)C(F)(F)CC(I)C1(I)CCCO1. The van der Waals surface area contributed by atoms with Gasteiger partial charge in [0.15, 0.2) is 0 Å². The smallest absolute Gasteiger partial charge is 0.364 e. The van der Waals surface area contributed by atoms with Crippen molar-refractivity contribution >= 4 is 45.2 Å². The first-order chi connectivity index (χ1) is 10.5. The van der Waals surface area contributed by atoms with Gasteiger partial charge in [0.25, 0.3) is 0 Å². The molecule has 12 heteroatoms. The molecule has 1 nitrogen and oxygen atoms in total. The lowest BCUT2D eigenvalue weighted by molar-refractivity contribution is -0.294. The maximum absolute atomic E-state index is 13.8. The van der Waals surface area contributed by atoms with E-state index in [-0.39, 0.29) is 6.61 Å². The summed E-state index contributed by atoms with van der Waals surface area (Å²) in [6, 6.07) is 0. The molecular weight excluding hydrogens is 585 g/mol. The van der Waals surface area contributed by atoms with E-state index < -0.39 is 50.7 Å². The molecule has 0 aliphatic carbocycles. The van der Waals surface area contributed by atoms with E-state index in [0.29, 0.717) is 12.8 Å². The van der Waals surface area contributed by atoms with Crippen molar-refractivity contribution in [3.05, 3.63) is 0 Å². The van der Waals surface area contributed by atoms with Crippen LogP contribution in [0.1, 0.15) is 32.1 Å². The number of hydrogen-bond acceptors (Lipinski definition) is 1. The van der Waals surface area contributed by atoms with Crippen LogP contribution in [-0.4, -0.2) is 38.1 Å². The van der Waals surface area contributed by atoms with Crippen molar-refractivity contribution in [3.63, 3.8) is 0 Å². The van der Waals surface area contributed by atoms with Crippen LogP contribution in [0.2, 0.25) is 0 Å². The predicted octanol–water partition coefficient (Wildman–Crippen LogP) is 6.37. The third kappa shape index (κ3) is 5.16. The molecule has 24 heavy (non-hydrogen) atoms. The van der Waals surface area contributed by atoms with E-state index in [2.05, 4.69) is 0 Å². The number of ether oxygens (including phenoxy) is 1. The number of rotatable bonds is 7. The van der Waals surface area contributed by atoms with Gasteiger partial charge in [0, 0.05) is 25.9 Å². The summed E-state index contributed by atoms with van der Waals surface area (Å²) in [4.78, 5) is 0. The van der Waals surface area contributed by atoms with Gasteiger partial charge in [-0.15, -0.1) is 0 Å². The minimum atomic E-state index is -6.06. The van der Waals surface area contributed by atoms with Crippen LogP contribution in [0.3, 0.4) is 0 Å². The van der Waals surface area contributed by atoms with Crippen LogP contribution in [-0.2, 0) is 4.74 Å². The molecule has 1 heterocycles. The molecule has 0 aromatic heterocycles. The van der Waals surface area contributed by atoms with Gasteiger partial charge in [-0.2, -0.15) is 39.5 Å². The molecule has 0 spiro atoms. The van der Waals surface area contributed by atoms with Crippen molar-refractivity contribution in [2.45, 2.75) is 63.6 Å². The summed E-state index contributed by atoms with van der Waals surface area (Å²) in [5.74, 6) is -15.2. The Hall–Kier alpha value is 0.790. The molecule has 0 bridgehead atoms. The minimum absolute atomic E-state index is 0.280. The molecule has 0 radical (unpaired) electrons. The van der Waals surface area contributed by atoms with E-state index >= 15 is 0 Å². The van der Waals surface area contributed by atoms with Crippen molar-refractivity contribution in [2.75, 3.05) is 6.61 Å². The molecule has 1 aliphatic heterocycles. The Labute approximate surface area is 159 Å². The van der Waals surface area contributed by atoms with Crippen LogP contribution in [0, 0.1) is 0 Å². The van der Waals surface area contributed by atoms with Crippen molar-refractivity contribution in [2.24, 2.45) is 0 Å². The lowest BCUT2D eigenvalue weighted by Gasteiger charge is -2.34. The summed E-state index contributed by atoms with van der Waals surface area (Å²) < 4.78 is 119. The Balaban J connectivity index is 2.76. The fraction of sp³-hybridized carbons (Fsp3) is 1.00. The second-order valence-electron chi connectivity index (χ2n) is 5.52. The molecular formula is C12H13F9I2O. The zero-order valence-electron chi connectivity index (χ0n) is 11.9. The van der Waals surface area contributed by atoms with Crippen LogP contribution in [0.5, 0.6) is 0 Å². The molecule has 1 saturated heterocycles. The lowest BCUT2D eigenvalue weighted by atomic mass is 9.97. The van der Waals surface area contributed by atoms with Crippen LogP contribution in [0.15, 0.2) is 0 Å². The Bertz CT molecular complexity index is 433. The largest absolute Gasteiger partial charge is 0.453 e. The molecule has 1 rings (SSSR count). The normalized spacial score (nSPS) is 25.1. The van der Waals surface area contributed by atoms with Crippen LogP contribution in [0.25, 0.3) is 0 Å². The van der Waals surface area contributed by atoms with Gasteiger partial charge in [0.05, 0.1) is 3.92 Å². The molecule has 1 aliphatic rings. The average molecular weight is 598 g/mol. The highest BCUT2D eigenvalue weighted by Gasteiger charge is 2.62. The number of hydrogen-bond donors (Lipinski definition) is 0. The highest BCUT2D eigenvalue weighted by atomic mass is 127. The molecule has 0 saturated carbocycles. The van der Waals surface area contributed by atoms with E-state index in [0.717, 1.165) is 0 Å². The second kappa shape index (κ2) is 7.43. The highest BCUT2D eigenvalue weighted by molar-refractivity contribution is 14.1. The maximum Gasteiger partial charge on any atom is 0.453 e. The zero-order valence-corrected chi connectivity index (χ0v) is 16.2. The zero-order chi connectivity index (χ0) is 19.0. The van der Waals surface area contributed by atoms with Crippen LogP contribution >= 0.6 is 45.2 Å². The maximum atomic E-state index is 13.8. The summed E-state index contributed by atoms with van der Waals surface area (Å²) in [6.45, 7) is 0.280. The predicted molar refractivity (Wildman–Crippen MR) is 84.5 cm³/mol. The van der Waals surface area contributed by atoms with E-state index in [9.17, 15) is 39.5 Å². The fourth-order valence-electron chi connectivity index (χ4n) is 2.04. The van der Waals surface area contributed by atoms with Gasteiger partial charge >= 0.3 is 23.9 Å². The molecule has 0 aromatic carbocycles. The van der Waals surface area contributed by atoms with Gasteiger partial charge in [0.2, 0.25) is 0 Å². The molecule has 144 valence electrons. The summed E-state index contributed by atoms with van der Waals surface area (Å²) in [6.07, 6.45) is -11.2. The summed E-state index contributed by atoms with van der Waals surface area (Å²) >= 11 is 3.24. The van der Waals surface area contributed by atoms with Gasteiger partial charge in [-0.3, -0.25) is 0 Å².